The Morgan fingerprint density at radius 3 is 2.56 bits per heavy atom. The highest BCUT2D eigenvalue weighted by Gasteiger charge is 2.07. The van der Waals surface area contributed by atoms with Gasteiger partial charge in [-0.1, -0.05) is 40.2 Å². The van der Waals surface area contributed by atoms with Gasteiger partial charge in [-0.05, 0) is 37.1 Å². The molecule has 2 N–H and O–H groups in total. The van der Waals surface area contributed by atoms with Crippen molar-refractivity contribution in [2.45, 2.75) is 20.5 Å². The number of halogens is 1. The van der Waals surface area contributed by atoms with Gasteiger partial charge in [0.1, 0.15) is 12.4 Å². The van der Waals surface area contributed by atoms with Gasteiger partial charge < -0.3 is 10.5 Å². The molecule has 94 valence electrons. The predicted molar refractivity (Wildman–Crippen MR) is 78.8 cm³/mol. The fourth-order valence-corrected chi connectivity index (χ4v) is 2.35. The van der Waals surface area contributed by atoms with Crippen LogP contribution in [0.3, 0.4) is 0 Å². The summed E-state index contributed by atoms with van der Waals surface area (Å²) >= 11 is 3.51. The third-order valence-electron chi connectivity index (χ3n) is 2.78. The van der Waals surface area contributed by atoms with Crippen molar-refractivity contribution in [2.24, 2.45) is 0 Å². The van der Waals surface area contributed by atoms with Crippen molar-refractivity contribution in [3.05, 3.63) is 57.6 Å². The third kappa shape index (κ3) is 2.85. The van der Waals surface area contributed by atoms with Gasteiger partial charge in [-0.2, -0.15) is 0 Å². The molecule has 3 heteroatoms. The molecule has 2 aromatic rings. The number of ether oxygens (including phenoxy) is 1. The number of anilines is 1. The minimum Gasteiger partial charge on any atom is -0.486 e. The summed E-state index contributed by atoms with van der Waals surface area (Å²) in [6.45, 7) is 4.55. The molecule has 0 spiro atoms. The van der Waals surface area contributed by atoms with Gasteiger partial charge in [0.25, 0.3) is 0 Å². The second kappa shape index (κ2) is 5.44. The first-order valence-corrected chi connectivity index (χ1v) is 6.60. The molecule has 0 saturated carbocycles. The van der Waals surface area contributed by atoms with Crippen molar-refractivity contribution in [1.29, 1.82) is 0 Å². The van der Waals surface area contributed by atoms with Crippen molar-refractivity contribution in [2.75, 3.05) is 5.73 Å². The smallest absolute Gasteiger partial charge is 0.145 e. The lowest BCUT2D eigenvalue weighted by Crippen LogP contribution is -2.01. The Hall–Kier alpha value is -1.48. The average molecular weight is 306 g/mol. The number of hydrogen-bond acceptors (Lipinski definition) is 2. The average Bonchev–Trinajstić information content (AvgIpc) is 2.30. The van der Waals surface area contributed by atoms with Gasteiger partial charge in [0.2, 0.25) is 0 Å². The van der Waals surface area contributed by atoms with Crippen LogP contribution in [-0.4, -0.2) is 0 Å². The van der Waals surface area contributed by atoms with E-state index in [0.29, 0.717) is 12.3 Å². The predicted octanol–water partition coefficient (Wildman–Crippen LogP) is 4.23. The first-order valence-electron chi connectivity index (χ1n) is 5.81. The van der Waals surface area contributed by atoms with E-state index in [4.69, 9.17) is 10.5 Å². The second-order valence-electron chi connectivity index (χ2n) is 4.38. The van der Waals surface area contributed by atoms with E-state index >= 15 is 0 Å². The zero-order valence-electron chi connectivity index (χ0n) is 10.5. The van der Waals surface area contributed by atoms with Gasteiger partial charge in [-0.15, -0.1) is 0 Å². The quantitative estimate of drug-likeness (QED) is 0.861. The number of nitrogens with two attached hydrogens (primary N) is 1. The molecular weight excluding hydrogens is 290 g/mol. The normalized spacial score (nSPS) is 10.4. The number of hydrogen-bond donors (Lipinski definition) is 1. The van der Waals surface area contributed by atoms with Gasteiger partial charge >= 0.3 is 0 Å². The minimum absolute atomic E-state index is 0.509. The van der Waals surface area contributed by atoms with Crippen LogP contribution < -0.4 is 10.5 Å². The molecule has 0 heterocycles. The fourth-order valence-electron chi connectivity index (χ4n) is 1.95. The van der Waals surface area contributed by atoms with E-state index < -0.39 is 0 Å². The van der Waals surface area contributed by atoms with E-state index in [1.807, 2.05) is 44.2 Å². The summed E-state index contributed by atoms with van der Waals surface area (Å²) in [5, 5.41) is 0. The maximum atomic E-state index is 5.99. The molecule has 0 bridgehead atoms. The van der Waals surface area contributed by atoms with Gasteiger partial charge in [-0.3, -0.25) is 0 Å². The van der Waals surface area contributed by atoms with Crippen LogP contribution in [-0.2, 0) is 6.61 Å². The van der Waals surface area contributed by atoms with Crippen LogP contribution in [0.5, 0.6) is 5.75 Å². The van der Waals surface area contributed by atoms with Crippen LogP contribution in [0.15, 0.2) is 40.9 Å². The Kier molecular flexibility index (Phi) is 3.92. The van der Waals surface area contributed by atoms with Crippen LogP contribution in [0.4, 0.5) is 5.69 Å². The van der Waals surface area contributed by atoms with Gasteiger partial charge in [0.15, 0.2) is 0 Å². The monoisotopic (exact) mass is 305 g/mol. The molecule has 0 atom stereocenters. The largest absolute Gasteiger partial charge is 0.486 e. The Morgan fingerprint density at radius 1 is 1.17 bits per heavy atom. The molecule has 0 fully saturated rings. The zero-order chi connectivity index (χ0) is 13.1. The Bertz CT molecular complexity index is 543. The maximum Gasteiger partial charge on any atom is 0.145 e. The summed E-state index contributed by atoms with van der Waals surface area (Å²) < 4.78 is 6.88. The molecule has 0 aliphatic carbocycles. The SMILES string of the molecule is Cc1cc(C)c(OCc2ccccc2Br)c(N)c1. The van der Waals surface area contributed by atoms with Crippen LogP contribution in [0.1, 0.15) is 16.7 Å². The topological polar surface area (TPSA) is 35.2 Å². The third-order valence-corrected chi connectivity index (χ3v) is 3.55. The summed E-state index contributed by atoms with van der Waals surface area (Å²) in [6.07, 6.45) is 0. The van der Waals surface area contributed by atoms with E-state index in [2.05, 4.69) is 22.0 Å². The van der Waals surface area contributed by atoms with E-state index in [-0.39, 0.29) is 0 Å². The molecule has 0 amide bonds. The van der Waals surface area contributed by atoms with Crippen molar-refractivity contribution in [3.8, 4) is 5.75 Å². The summed E-state index contributed by atoms with van der Waals surface area (Å²) in [4.78, 5) is 0. The van der Waals surface area contributed by atoms with Crippen molar-refractivity contribution < 1.29 is 4.74 Å². The molecule has 2 nitrogen and oxygen atoms in total. The maximum absolute atomic E-state index is 5.99. The number of rotatable bonds is 3. The Labute approximate surface area is 116 Å². The lowest BCUT2D eigenvalue weighted by molar-refractivity contribution is 0.305. The highest BCUT2D eigenvalue weighted by Crippen LogP contribution is 2.29. The fraction of sp³-hybridized carbons (Fsp3) is 0.200. The summed E-state index contributed by atoms with van der Waals surface area (Å²) in [6, 6.07) is 12.0. The minimum atomic E-state index is 0.509. The molecule has 2 rings (SSSR count). The lowest BCUT2D eigenvalue weighted by Gasteiger charge is -2.13. The molecule has 18 heavy (non-hydrogen) atoms. The van der Waals surface area contributed by atoms with Gasteiger partial charge in [0.05, 0.1) is 5.69 Å². The zero-order valence-corrected chi connectivity index (χ0v) is 12.1. The first kappa shape index (κ1) is 13.0. The first-order chi connectivity index (χ1) is 8.58. The molecule has 0 radical (unpaired) electrons. The van der Waals surface area contributed by atoms with Crippen LogP contribution in [0, 0.1) is 13.8 Å². The van der Waals surface area contributed by atoms with E-state index in [1.54, 1.807) is 0 Å². The van der Waals surface area contributed by atoms with E-state index in [9.17, 15) is 0 Å². The molecular formula is C15H16BrNO. The molecule has 2 aromatic carbocycles. The number of benzene rings is 2. The van der Waals surface area contributed by atoms with Gasteiger partial charge in [-0.25, -0.2) is 0 Å². The van der Waals surface area contributed by atoms with Crippen LogP contribution >= 0.6 is 15.9 Å². The molecule has 0 unspecified atom stereocenters. The van der Waals surface area contributed by atoms with Crippen molar-refractivity contribution >= 4 is 21.6 Å². The Balaban J connectivity index is 2.19. The summed E-state index contributed by atoms with van der Waals surface area (Å²) in [7, 11) is 0. The van der Waals surface area contributed by atoms with E-state index in [0.717, 1.165) is 26.9 Å². The number of nitrogen functional groups attached to an aromatic ring is 1. The number of aryl methyl sites for hydroxylation is 2. The highest BCUT2D eigenvalue weighted by molar-refractivity contribution is 9.10. The molecule has 0 aliphatic rings. The lowest BCUT2D eigenvalue weighted by atomic mass is 10.1. The van der Waals surface area contributed by atoms with Crippen LogP contribution in [0.2, 0.25) is 0 Å². The Morgan fingerprint density at radius 2 is 1.89 bits per heavy atom. The highest BCUT2D eigenvalue weighted by atomic mass is 79.9. The molecule has 0 aliphatic heterocycles. The second-order valence-corrected chi connectivity index (χ2v) is 5.23. The summed E-state index contributed by atoms with van der Waals surface area (Å²) in [5.74, 6) is 0.774. The van der Waals surface area contributed by atoms with Crippen molar-refractivity contribution in [3.63, 3.8) is 0 Å². The standard InChI is InChI=1S/C15H16BrNO/c1-10-7-11(2)15(14(17)8-10)18-9-12-5-3-4-6-13(12)16/h3-8H,9,17H2,1-2H3. The van der Waals surface area contributed by atoms with E-state index in [1.165, 1.54) is 0 Å². The van der Waals surface area contributed by atoms with Gasteiger partial charge in [0, 0.05) is 10.0 Å². The molecule has 0 aromatic heterocycles. The van der Waals surface area contributed by atoms with Crippen LogP contribution in [0.25, 0.3) is 0 Å². The summed E-state index contributed by atoms with van der Waals surface area (Å²) in [5.41, 5.74) is 10.0. The molecule has 0 saturated heterocycles. The van der Waals surface area contributed by atoms with Crippen molar-refractivity contribution in [1.82, 2.24) is 0 Å².